The van der Waals surface area contributed by atoms with Gasteiger partial charge in [0, 0.05) is 89.0 Å². The van der Waals surface area contributed by atoms with Crippen LogP contribution in [0.5, 0.6) is 0 Å². The van der Waals surface area contributed by atoms with Gasteiger partial charge >= 0.3 is 0 Å². The third-order valence-corrected chi connectivity index (χ3v) is 8.29. The molecule has 0 spiro atoms. The highest BCUT2D eigenvalue weighted by Crippen LogP contribution is 2.18. The number of piperazine rings is 2. The van der Waals surface area contributed by atoms with Crippen molar-refractivity contribution in [3.05, 3.63) is 70.8 Å². The quantitative estimate of drug-likeness (QED) is 0.222. The first-order chi connectivity index (χ1) is 26.8. The molecule has 2 saturated heterocycles. The van der Waals surface area contributed by atoms with Gasteiger partial charge in [0.25, 0.3) is 11.8 Å². The molecular weight excluding hydrogens is 701 g/mol. The van der Waals surface area contributed by atoms with Gasteiger partial charge in [-0.1, -0.05) is 128 Å². The maximum absolute atomic E-state index is 12.7. The molecule has 4 rings (SSSR count). The van der Waals surface area contributed by atoms with E-state index < -0.39 is 0 Å². The molecule has 10 nitrogen and oxygen atoms in total. The van der Waals surface area contributed by atoms with Crippen LogP contribution in [0, 0.1) is 11.3 Å². The summed E-state index contributed by atoms with van der Waals surface area (Å²) in [5, 5.41) is 5.52. The lowest BCUT2D eigenvalue weighted by Gasteiger charge is -2.37. The van der Waals surface area contributed by atoms with Crippen LogP contribution in [-0.4, -0.2) is 109 Å². The zero-order valence-electron chi connectivity index (χ0n) is 38.1. The Kier molecular flexibility index (Phi) is 31.4. The van der Waals surface area contributed by atoms with E-state index in [0.717, 1.165) is 83.0 Å². The molecule has 2 N–H and O–H groups in total. The minimum Gasteiger partial charge on any atom is -0.355 e. The molecule has 0 saturated carbocycles. The van der Waals surface area contributed by atoms with Crippen LogP contribution in [0.4, 0.5) is 0 Å². The Labute approximate surface area is 343 Å². The van der Waals surface area contributed by atoms with E-state index in [1.54, 1.807) is 0 Å². The second kappa shape index (κ2) is 32.3. The average molecular weight is 783 g/mol. The zero-order valence-corrected chi connectivity index (χ0v) is 38.1. The zero-order chi connectivity index (χ0) is 43.1. The fraction of sp³-hybridized carbons (Fsp3) is 0.652. The van der Waals surface area contributed by atoms with Crippen LogP contribution < -0.4 is 10.6 Å². The van der Waals surface area contributed by atoms with Gasteiger partial charge in [0.15, 0.2) is 0 Å². The minimum atomic E-state index is -0.0331. The fourth-order valence-electron chi connectivity index (χ4n) is 5.82. The molecule has 0 aliphatic carbocycles. The number of carbonyl (C=O) groups excluding carboxylic acids is 4. The summed E-state index contributed by atoms with van der Waals surface area (Å²) < 4.78 is 0. The third-order valence-electron chi connectivity index (χ3n) is 8.29. The molecule has 320 valence electrons. The number of carbonyl (C=O) groups is 4. The van der Waals surface area contributed by atoms with Crippen LogP contribution in [-0.2, 0) is 22.7 Å². The van der Waals surface area contributed by atoms with Gasteiger partial charge < -0.3 is 20.4 Å². The maximum Gasteiger partial charge on any atom is 0.253 e. The second-order valence-corrected chi connectivity index (χ2v) is 14.7. The summed E-state index contributed by atoms with van der Waals surface area (Å²) in [5.41, 5.74) is 3.58. The second-order valence-electron chi connectivity index (χ2n) is 14.7. The highest BCUT2D eigenvalue weighted by molar-refractivity contribution is 5.95. The highest BCUT2D eigenvalue weighted by atomic mass is 16.2. The van der Waals surface area contributed by atoms with Crippen LogP contribution in [0.2, 0.25) is 0 Å². The first-order valence-corrected chi connectivity index (χ1v) is 21.5. The van der Waals surface area contributed by atoms with Crippen molar-refractivity contribution in [3.8, 4) is 0 Å². The lowest BCUT2D eigenvalue weighted by atomic mass is 9.96. The summed E-state index contributed by atoms with van der Waals surface area (Å²) in [6.45, 7) is 38.8. The average Bonchev–Trinajstić information content (AvgIpc) is 3.21. The number of amides is 4. The summed E-state index contributed by atoms with van der Waals surface area (Å²) in [7, 11) is 0. The van der Waals surface area contributed by atoms with Crippen LogP contribution in [0.25, 0.3) is 0 Å². The molecule has 2 aliphatic rings. The van der Waals surface area contributed by atoms with Crippen molar-refractivity contribution >= 4 is 24.1 Å². The Morgan fingerprint density at radius 3 is 1.46 bits per heavy atom. The van der Waals surface area contributed by atoms with Gasteiger partial charge in [-0.05, 0) is 53.8 Å². The molecule has 0 radical (unpaired) electrons. The Morgan fingerprint density at radius 2 is 1.09 bits per heavy atom. The lowest BCUT2D eigenvalue weighted by Crippen LogP contribution is -2.50. The molecule has 0 aromatic heterocycles. The maximum atomic E-state index is 12.7. The van der Waals surface area contributed by atoms with Crippen LogP contribution in [0.15, 0.2) is 48.5 Å². The van der Waals surface area contributed by atoms with Crippen molar-refractivity contribution in [2.24, 2.45) is 11.3 Å². The number of nitrogens with zero attached hydrogens (tertiary/aromatic N) is 4. The number of rotatable bonds is 11. The van der Waals surface area contributed by atoms with Gasteiger partial charge in [-0.25, -0.2) is 0 Å². The summed E-state index contributed by atoms with van der Waals surface area (Å²) in [4.78, 5) is 56.1. The summed E-state index contributed by atoms with van der Waals surface area (Å²) in [5.74, 6) is 0.157. The SMILES string of the molecule is CC.CC.CC.CC(C)(C)CN1CCN(C(=O)c2cccc(CNC=O)c2)CC1.CCC.CCCN1CCN(C(=O)c2cccc(CNC(=O)C(C)C)c2)CC1. The molecule has 2 aromatic rings. The standard InChI is InChI=1S/C19H29N3O2.C18H27N3O2.C3H8.3C2H6/c1-4-8-21-9-11-22(12-10-21)19(24)17-7-5-6-16(13-17)14-20-18(23)15(2)3;1-18(2,3)13-20-7-9-21(10-8-20)17(23)16-6-4-5-15(11-16)12-19-14-22;1-3-2;3*1-2/h5-7,13,15H,4,8-12,14H2,1-3H3,(H,20,23);4-6,11,14H,7-10,12-13H2,1-3H3,(H,19,22);3H2,1-2H3;3*1-2H3. The highest BCUT2D eigenvalue weighted by Gasteiger charge is 2.25. The van der Waals surface area contributed by atoms with E-state index in [4.69, 9.17) is 0 Å². The first-order valence-electron chi connectivity index (χ1n) is 21.5. The number of nitrogens with one attached hydrogen (secondary N) is 2. The number of benzene rings is 2. The molecule has 0 atom stereocenters. The van der Waals surface area contributed by atoms with Crippen molar-refractivity contribution in [1.82, 2.24) is 30.2 Å². The van der Waals surface area contributed by atoms with Crippen molar-refractivity contribution < 1.29 is 19.2 Å². The van der Waals surface area contributed by atoms with Crippen molar-refractivity contribution in [1.29, 1.82) is 0 Å². The molecule has 10 heteroatoms. The van der Waals surface area contributed by atoms with Gasteiger partial charge in [0.1, 0.15) is 0 Å². The molecule has 2 heterocycles. The molecule has 0 bridgehead atoms. The van der Waals surface area contributed by atoms with Gasteiger partial charge in [0.2, 0.25) is 12.3 Å². The third kappa shape index (κ3) is 22.7. The number of hydrogen-bond acceptors (Lipinski definition) is 6. The van der Waals surface area contributed by atoms with E-state index in [-0.39, 0.29) is 29.1 Å². The largest absolute Gasteiger partial charge is 0.355 e. The van der Waals surface area contributed by atoms with Crippen LogP contribution in [0.3, 0.4) is 0 Å². The summed E-state index contributed by atoms with van der Waals surface area (Å²) in [6.07, 6.45) is 3.07. The van der Waals surface area contributed by atoms with Crippen LogP contribution >= 0.6 is 0 Å². The predicted octanol–water partition coefficient (Wildman–Crippen LogP) is 8.36. The normalized spacial score (nSPS) is 14.0. The molecule has 2 aromatic carbocycles. The minimum absolute atomic E-state index is 0.0266. The van der Waals surface area contributed by atoms with Gasteiger partial charge in [-0.3, -0.25) is 29.0 Å². The predicted molar refractivity (Wildman–Crippen MR) is 237 cm³/mol. The molecule has 4 amide bonds. The first kappa shape index (κ1) is 54.3. The van der Waals surface area contributed by atoms with Gasteiger partial charge in [0.05, 0.1) is 0 Å². The van der Waals surface area contributed by atoms with Gasteiger partial charge in [-0.2, -0.15) is 0 Å². The van der Waals surface area contributed by atoms with E-state index in [2.05, 4.69) is 62.0 Å². The van der Waals surface area contributed by atoms with Crippen LogP contribution in [0.1, 0.15) is 142 Å². The Balaban J connectivity index is 0. The van der Waals surface area contributed by atoms with Crippen molar-refractivity contribution in [2.75, 3.05) is 65.4 Å². The molecular formula is C46H82N6O4. The Morgan fingerprint density at radius 1 is 0.679 bits per heavy atom. The monoisotopic (exact) mass is 783 g/mol. The Hall–Kier alpha value is -3.76. The summed E-state index contributed by atoms with van der Waals surface area (Å²) >= 11 is 0. The van der Waals surface area contributed by atoms with Crippen molar-refractivity contribution in [3.63, 3.8) is 0 Å². The van der Waals surface area contributed by atoms with E-state index in [1.807, 2.05) is 114 Å². The van der Waals surface area contributed by atoms with Crippen molar-refractivity contribution in [2.45, 2.75) is 123 Å². The fourth-order valence-corrected chi connectivity index (χ4v) is 5.82. The molecule has 56 heavy (non-hydrogen) atoms. The topological polar surface area (TPSA) is 105 Å². The molecule has 2 aliphatic heterocycles. The van der Waals surface area contributed by atoms with Gasteiger partial charge in [-0.15, -0.1) is 0 Å². The number of hydrogen-bond donors (Lipinski definition) is 2. The van der Waals surface area contributed by atoms with E-state index in [9.17, 15) is 19.2 Å². The Bertz CT molecular complexity index is 1330. The lowest BCUT2D eigenvalue weighted by molar-refractivity contribution is -0.124. The molecule has 2 fully saturated rings. The van der Waals surface area contributed by atoms with E-state index in [0.29, 0.717) is 30.6 Å². The summed E-state index contributed by atoms with van der Waals surface area (Å²) in [6, 6.07) is 15.1. The van der Waals surface area contributed by atoms with E-state index in [1.165, 1.54) is 6.42 Å². The molecule has 0 unspecified atom stereocenters. The van der Waals surface area contributed by atoms with E-state index >= 15 is 0 Å². The smallest absolute Gasteiger partial charge is 0.253 e.